The predicted octanol–water partition coefficient (Wildman–Crippen LogP) is 1.69. The van der Waals surface area contributed by atoms with Gasteiger partial charge in [-0.05, 0) is 31.0 Å². The maximum Gasteiger partial charge on any atom is 0.0700 e. The first-order valence-corrected chi connectivity index (χ1v) is 7.87. The highest BCUT2D eigenvalue weighted by molar-refractivity contribution is 5.30. The lowest BCUT2D eigenvalue weighted by Gasteiger charge is -2.37. The smallest absolute Gasteiger partial charge is 0.0700 e. The third-order valence-corrected chi connectivity index (χ3v) is 4.07. The summed E-state index contributed by atoms with van der Waals surface area (Å²) < 4.78 is 10.5. The number of methoxy groups -OCH3 is 1. The van der Waals surface area contributed by atoms with Crippen LogP contribution in [0.4, 0.5) is 0 Å². The Labute approximate surface area is 128 Å². The fraction of sp³-hybridized carbons (Fsp3) is 0.647. The Morgan fingerprint density at radius 3 is 2.76 bits per heavy atom. The predicted molar refractivity (Wildman–Crippen MR) is 85.6 cm³/mol. The van der Waals surface area contributed by atoms with E-state index in [1.54, 1.807) is 7.11 Å². The largest absolute Gasteiger partial charge is 0.382 e. The van der Waals surface area contributed by atoms with Crippen LogP contribution in [0.25, 0.3) is 0 Å². The summed E-state index contributed by atoms with van der Waals surface area (Å²) in [5.41, 5.74) is 2.98. The minimum atomic E-state index is 0.587. The van der Waals surface area contributed by atoms with Gasteiger partial charge < -0.3 is 14.8 Å². The molecule has 118 valence electrons. The van der Waals surface area contributed by atoms with Gasteiger partial charge in [0.2, 0.25) is 0 Å². The number of fused-ring (bicyclic) bond motifs is 1. The van der Waals surface area contributed by atoms with Crippen molar-refractivity contribution in [2.24, 2.45) is 0 Å². The van der Waals surface area contributed by atoms with Gasteiger partial charge in [0.1, 0.15) is 0 Å². The van der Waals surface area contributed by atoms with Gasteiger partial charge in [-0.3, -0.25) is 4.90 Å². The van der Waals surface area contributed by atoms with Crippen LogP contribution >= 0.6 is 0 Å². The highest BCUT2D eigenvalue weighted by Gasteiger charge is 2.24. The van der Waals surface area contributed by atoms with Gasteiger partial charge in [-0.2, -0.15) is 0 Å². The van der Waals surface area contributed by atoms with Gasteiger partial charge in [-0.15, -0.1) is 0 Å². The first kappa shape index (κ1) is 16.4. The zero-order valence-electron chi connectivity index (χ0n) is 13.3. The van der Waals surface area contributed by atoms with Gasteiger partial charge in [-0.1, -0.05) is 24.3 Å². The van der Waals surface area contributed by atoms with Crippen LogP contribution in [-0.2, 0) is 22.4 Å². The summed E-state index contributed by atoms with van der Waals surface area (Å²) in [5, 5.41) is 3.33. The molecule has 1 atom stereocenters. The van der Waals surface area contributed by atoms with E-state index in [0.717, 1.165) is 39.1 Å². The lowest BCUT2D eigenvalue weighted by atomic mass is 9.94. The minimum Gasteiger partial charge on any atom is -0.382 e. The number of ether oxygens (including phenoxy) is 2. The zero-order valence-corrected chi connectivity index (χ0v) is 13.3. The van der Waals surface area contributed by atoms with Gasteiger partial charge in [0.15, 0.2) is 0 Å². The molecule has 0 aromatic heterocycles. The highest BCUT2D eigenvalue weighted by atomic mass is 16.5. The van der Waals surface area contributed by atoms with Crippen molar-refractivity contribution >= 4 is 0 Å². The van der Waals surface area contributed by atoms with Crippen molar-refractivity contribution < 1.29 is 9.47 Å². The maximum absolute atomic E-state index is 5.56. The van der Waals surface area contributed by atoms with Crippen LogP contribution in [0, 0.1) is 0 Å². The molecule has 4 nitrogen and oxygen atoms in total. The summed E-state index contributed by atoms with van der Waals surface area (Å²) in [7, 11) is 3.74. The molecule has 1 aromatic carbocycles. The van der Waals surface area contributed by atoms with E-state index in [2.05, 4.69) is 34.5 Å². The number of nitrogens with one attached hydrogen (secondary N) is 1. The highest BCUT2D eigenvalue weighted by Crippen LogP contribution is 2.23. The number of hydrogen-bond donors (Lipinski definition) is 1. The summed E-state index contributed by atoms with van der Waals surface area (Å²) in [6.45, 7) is 5.37. The van der Waals surface area contributed by atoms with E-state index in [4.69, 9.17) is 9.47 Å². The average Bonchev–Trinajstić information content (AvgIpc) is 2.51. The maximum atomic E-state index is 5.56. The Balaban J connectivity index is 1.82. The van der Waals surface area contributed by atoms with Gasteiger partial charge in [0.05, 0.1) is 13.2 Å². The first-order valence-electron chi connectivity index (χ1n) is 7.87. The summed E-state index contributed by atoms with van der Waals surface area (Å²) in [6, 6.07) is 9.40. The average molecular weight is 292 g/mol. The molecule has 1 aliphatic heterocycles. The van der Waals surface area contributed by atoms with E-state index in [9.17, 15) is 0 Å². The van der Waals surface area contributed by atoms with Gasteiger partial charge in [0, 0.05) is 39.4 Å². The second-order valence-corrected chi connectivity index (χ2v) is 5.61. The second kappa shape index (κ2) is 9.15. The van der Waals surface area contributed by atoms with E-state index < -0.39 is 0 Å². The molecule has 0 bridgehead atoms. The van der Waals surface area contributed by atoms with E-state index in [1.807, 2.05) is 7.05 Å². The van der Waals surface area contributed by atoms with Crippen molar-refractivity contribution in [2.45, 2.75) is 25.4 Å². The number of likely N-dealkylation sites (N-methyl/N-ethyl adjacent to an activating group) is 1. The fourth-order valence-corrected chi connectivity index (χ4v) is 2.95. The summed E-state index contributed by atoms with van der Waals surface area (Å²) in [5.74, 6) is 0. The molecule has 1 unspecified atom stereocenters. The summed E-state index contributed by atoms with van der Waals surface area (Å²) in [6.07, 6.45) is 2.22. The molecule has 0 amide bonds. The van der Waals surface area contributed by atoms with Crippen LogP contribution in [0.5, 0.6) is 0 Å². The van der Waals surface area contributed by atoms with Crippen molar-refractivity contribution in [3.05, 3.63) is 35.4 Å². The Morgan fingerprint density at radius 1 is 1.19 bits per heavy atom. The van der Waals surface area contributed by atoms with E-state index >= 15 is 0 Å². The molecule has 0 saturated carbocycles. The number of rotatable bonds is 9. The van der Waals surface area contributed by atoms with Gasteiger partial charge >= 0.3 is 0 Å². The Kier molecular flexibility index (Phi) is 7.16. The van der Waals surface area contributed by atoms with Crippen LogP contribution in [0.2, 0.25) is 0 Å². The lowest BCUT2D eigenvalue weighted by molar-refractivity contribution is 0.0608. The summed E-state index contributed by atoms with van der Waals surface area (Å²) >= 11 is 0. The van der Waals surface area contributed by atoms with Crippen LogP contribution in [-0.4, -0.2) is 58.0 Å². The Bertz CT molecular complexity index is 412. The molecule has 0 radical (unpaired) electrons. The first-order chi connectivity index (χ1) is 10.3. The SMILES string of the molecule is CNCC1Cc2ccccc2CN1CCCOCCOC. The third kappa shape index (κ3) is 5.08. The molecule has 0 aliphatic carbocycles. The fourth-order valence-electron chi connectivity index (χ4n) is 2.95. The normalized spacial score (nSPS) is 18.7. The van der Waals surface area contributed by atoms with Crippen LogP contribution < -0.4 is 5.32 Å². The van der Waals surface area contributed by atoms with Gasteiger partial charge in [-0.25, -0.2) is 0 Å². The van der Waals surface area contributed by atoms with Crippen molar-refractivity contribution in [1.29, 1.82) is 0 Å². The molecule has 21 heavy (non-hydrogen) atoms. The van der Waals surface area contributed by atoms with Crippen molar-refractivity contribution in [1.82, 2.24) is 10.2 Å². The van der Waals surface area contributed by atoms with Crippen molar-refractivity contribution in [3.8, 4) is 0 Å². The minimum absolute atomic E-state index is 0.587. The molecule has 0 spiro atoms. The summed E-state index contributed by atoms with van der Waals surface area (Å²) in [4.78, 5) is 2.58. The quantitative estimate of drug-likeness (QED) is 0.702. The lowest BCUT2D eigenvalue weighted by Crippen LogP contribution is -2.46. The van der Waals surface area contributed by atoms with Crippen molar-refractivity contribution in [2.75, 3.05) is 47.1 Å². The van der Waals surface area contributed by atoms with E-state index in [0.29, 0.717) is 19.3 Å². The Hall–Kier alpha value is -0.940. The molecular formula is C17H28N2O2. The molecular weight excluding hydrogens is 264 g/mol. The zero-order chi connectivity index (χ0) is 14.9. The van der Waals surface area contributed by atoms with E-state index in [1.165, 1.54) is 11.1 Å². The number of nitrogens with zero attached hydrogens (tertiary/aromatic N) is 1. The number of benzene rings is 1. The molecule has 1 N–H and O–H groups in total. The van der Waals surface area contributed by atoms with Crippen LogP contribution in [0.15, 0.2) is 24.3 Å². The monoisotopic (exact) mass is 292 g/mol. The topological polar surface area (TPSA) is 33.7 Å². The molecule has 4 heteroatoms. The van der Waals surface area contributed by atoms with Crippen LogP contribution in [0.1, 0.15) is 17.5 Å². The Morgan fingerprint density at radius 2 is 2.00 bits per heavy atom. The molecule has 2 rings (SSSR count). The van der Waals surface area contributed by atoms with Crippen molar-refractivity contribution in [3.63, 3.8) is 0 Å². The molecule has 1 heterocycles. The molecule has 0 saturated heterocycles. The van der Waals surface area contributed by atoms with Crippen LogP contribution in [0.3, 0.4) is 0 Å². The standard InChI is InChI=1S/C17H28N2O2/c1-18-13-17-12-15-6-3-4-7-16(15)14-19(17)8-5-9-21-11-10-20-2/h3-4,6-7,17-18H,5,8-14H2,1-2H3. The van der Waals surface area contributed by atoms with E-state index in [-0.39, 0.29) is 0 Å². The molecule has 1 aromatic rings. The van der Waals surface area contributed by atoms with Gasteiger partial charge in [0.25, 0.3) is 0 Å². The molecule has 1 aliphatic rings. The second-order valence-electron chi connectivity index (χ2n) is 5.61. The number of hydrogen-bond acceptors (Lipinski definition) is 4. The third-order valence-electron chi connectivity index (χ3n) is 4.07. The molecule has 0 fully saturated rings.